The van der Waals surface area contributed by atoms with Crippen molar-refractivity contribution < 1.29 is 14.2 Å². The number of hydrogen-bond acceptors (Lipinski definition) is 9. The van der Waals surface area contributed by atoms with Crippen LogP contribution < -0.4 is 24.8 Å². The second-order valence-corrected chi connectivity index (χ2v) is 6.54. The Hall–Kier alpha value is -4.40. The third kappa shape index (κ3) is 4.51. The predicted molar refractivity (Wildman–Crippen MR) is 122 cm³/mol. The van der Waals surface area contributed by atoms with Gasteiger partial charge in [0, 0.05) is 36.4 Å². The lowest BCUT2D eigenvalue weighted by Crippen LogP contribution is -2.03. The standard InChI is InChI=1S/C23H22N6O3/c1-30-18-13-15(14-19(31-2)22(18)32-3)27-23-26-12-9-20(29-23)28-17-8-6-11-25-21(17)16-7-4-5-10-24-16/h4-14H,1-3H3,(H2,26,27,28,29). The number of pyridine rings is 2. The van der Waals surface area contributed by atoms with E-state index < -0.39 is 0 Å². The van der Waals surface area contributed by atoms with E-state index in [-0.39, 0.29) is 0 Å². The monoisotopic (exact) mass is 430 g/mol. The van der Waals surface area contributed by atoms with Crippen molar-refractivity contribution in [3.63, 3.8) is 0 Å². The second kappa shape index (κ2) is 9.61. The number of anilines is 4. The van der Waals surface area contributed by atoms with Crippen molar-refractivity contribution in [1.29, 1.82) is 0 Å². The molecule has 0 aliphatic carbocycles. The number of ether oxygens (including phenoxy) is 3. The number of nitrogens with zero attached hydrogens (tertiary/aromatic N) is 4. The molecule has 1 aromatic carbocycles. The maximum atomic E-state index is 5.40. The Morgan fingerprint density at radius 2 is 1.50 bits per heavy atom. The highest BCUT2D eigenvalue weighted by atomic mass is 16.5. The number of hydrogen-bond donors (Lipinski definition) is 2. The van der Waals surface area contributed by atoms with Crippen molar-refractivity contribution in [1.82, 2.24) is 19.9 Å². The molecular formula is C23H22N6O3. The van der Waals surface area contributed by atoms with Gasteiger partial charge in [0.15, 0.2) is 11.5 Å². The summed E-state index contributed by atoms with van der Waals surface area (Å²) in [5.74, 6) is 2.56. The van der Waals surface area contributed by atoms with Crippen LogP contribution in [0.15, 0.2) is 67.1 Å². The van der Waals surface area contributed by atoms with E-state index in [9.17, 15) is 0 Å². The molecule has 0 aliphatic rings. The van der Waals surface area contributed by atoms with Crippen LogP contribution >= 0.6 is 0 Å². The van der Waals surface area contributed by atoms with Gasteiger partial charge >= 0.3 is 0 Å². The lowest BCUT2D eigenvalue weighted by Gasteiger charge is -2.15. The highest BCUT2D eigenvalue weighted by Gasteiger charge is 2.14. The van der Waals surface area contributed by atoms with E-state index in [1.807, 2.05) is 30.3 Å². The quantitative estimate of drug-likeness (QED) is 0.420. The van der Waals surface area contributed by atoms with Crippen LogP contribution in [0.5, 0.6) is 17.2 Å². The Balaban J connectivity index is 1.60. The van der Waals surface area contributed by atoms with Crippen molar-refractivity contribution in [2.24, 2.45) is 0 Å². The molecule has 9 heteroatoms. The highest BCUT2D eigenvalue weighted by molar-refractivity contribution is 5.75. The summed E-state index contributed by atoms with van der Waals surface area (Å²) in [7, 11) is 4.69. The van der Waals surface area contributed by atoms with Gasteiger partial charge in [-0.05, 0) is 30.3 Å². The number of benzene rings is 1. The summed E-state index contributed by atoms with van der Waals surface area (Å²) < 4.78 is 16.2. The number of rotatable bonds is 8. The lowest BCUT2D eigenvalue weighted by molar-refractivity contribution is 0.324. The van der Waals surface area contributed by atoms with Crippen molar-refractivity contribution in [3.8, 4) is 28.6 Å². The molecule has 3 heterocycles. The van der Waals surface area contributed by atoms with Crippen LogP contribution in [0.4, 0.5) is 23.1 Å². The van der Waals surface area contributed by atoms with E-state index in [1.165, 1.54) is 0 Å². The first-order valence-corrected chi connectivity index (χ1v) is 9.75. The molecule has 0 spiro atoms. The summed E-state index contributed by atoms with van der Waals surface area (Å²) in [6, 6.07) is 14.8. The molecule has 0 saturated carbocycles. The summed E-state index contributed by atoms with van der Waals surface area (Å²) >= 11 is 0. The smallest absolute Gasteiger partial charge is 0.229 e. The van der Waals surface area contributed by atoms with Crippen LogP contribution in [0.25, 0.3) is 11.4 Å². The zero-order valence-electron chi connectivity index (χ0n) is 17.9. The molecule has 9 nitrogen and oxygen atoms in total. The Bertz CT molecular complexity index is 1180. The molecule has 4 rings (SSSR count). The van der Waals surface area contributed by atoms with Crippen molar-refractivity contribution in [2.75, 3.05) is 32.0 Å². The van der Waals surface area contributed by atoms with E-state index in [1.54, 1.807) is 58.1 Å². The fourth-order valence-electron chi connectivity index (χ4n) is 3.12. The highest BCUT2D eigenvalue weighted by Crippen LogP contribution is 2.40. The number of methoxy groups -OCH3 is 3. The maximum absolute atomic E-state index is 5.40. The van der Waals surface area contributed by atoms with Crippen LogP contribution in [-0.2, 0) is 0 Å². The first-order valence-electron chi connectivity index (χ1n) is 9.75. The molecule has 0 atom stereocenters. The molecule has 32 heavy (non-hydrogen) atoms. The zero-order chi connectivity index (χ0) is 22.3. The van der Waals surface area contributed by atoms with Gasteiger partial charge in [0.25, 0.3) is 0 Å². The Labute approximate surface area is 185 Å². The normalized spacial score (nSPS) is 10.3. The average Bonchev–Trinajstić information content (AvgIpc) is 2.84. The summed E-state index contributed by atoms with van der Waals surface area (Å²) in [6.07, 6.45) is 5.12. The Morgan fingerprint density at radius 3 is 2.19 bits per heavy atom. The van der Waals surface area contributed by atoms with E-state index >= 15 is 0 Å². The van der Waals surface area contributed by atoms with Gasteiger partial charge in [-0.3, -0.25) is 9.97 Å². The van der Waals surface area contributed by atoms with Crippen LogP contribution in [0, 0.1) is 0 Å². The van der Waals surface area contributed by atoms with Gasteiger partial charge in [-0.15, -0.1) is 0 Å². The van der Waals surface area contributed by atoms with Gasteiger partial charge in [0.2, 0.25) is 11.7 Å². The SMILES string of the molecule is COc1cc(Nc2nccc(Nc3cccnc3-c3ccccn3)n2)cc(OC)c1OC. The molecule has 162 valence electrons. The average molecular weight is 430 g/mol. The van der Waals surface area contributed by atoms with Gasteiger partial charge < -0.3 is 24.8 Å². The fourth-order valence-corrected chi connectivity index (χ4v) is 3.12. The molecule has 2 N–H and O–H groups in total. The minimum Gasteiger partial charge on any atom is -0.493 e. The molecule has 0 saturated heterocycles. The van der Waals surface area contributed by atoms with Crippen LogP contribution in [0.3, 0.4) is 0 Å². The predicted octanol–water partition coefficient (Wildman–Crippen LogP) is 4.45. The van der Waals surface area contributed by atoms with Gasteiger partial charge in [-0.2, -0.15) is 4.98 Å². The van der Waals surface area contributed by atoms with E-state index in [0.29, 0.717) is 34.7 Å². The molecule has 0 amide bonds. The molecule has 0 aliphatic heterocycles. The molecule has 0 unspecified atom stereocenters. The van der Waals surface area contributed by atoms with Crippen molar-refractivity contribution in [2.45, 2.75) is 0 Å². The van der Waals surface area contributed by atoms with Crippen LogP contribution in [0.2, 0.25) is 0 Å². The fraction of sp³-hybridized carbons (Fsp3) is 0.130. The third-order valence-electron chi connectivity index (χ3n) is 4.55. The number of aromatic nitrogens is 4. The Morgan fingerprint density at radius 1 is 0.719 bits per heavy atom. The number of nitrogens with one attached hydrogen (secondary N) is 2. The van der Waals surface area contributed by atoms with Gasteiger partial charge in [0.05, 0.1) is 32.7 Å². The first-order chi connectivity index (χ1) is 15.7. The molecular weight excluding hydrogens is 408 g/mol. The van der Waals surface area contributed by atoms with Crippen molar-refractivity contribution >= 4 is 23.1 Å². The molecule has 3 aromatic heterocycles. The lowest BCUT2D eigenvalue weighted by atomic mass is 10.2. The van der Waals surface area contributed by atoms with Crippen molar-refractivity contribution in [3.05, 3.63) is 67.1 Å². The molecule has 4 aromatic rings. The summed E-state index contributed by atoms with van der Waals surface area (Å²) in [5.41, 5.74) is 2.96. The van der Waals surface area contributed by atoms with E-state index in [4.69, 9.17) is 14.2 Å². The van der Waals surface area contributed by atoms with E-state index in [0.717, 1.165) is 17.1 Å². The zero-order valence-corrected chi connectivity index (χ0v) is 17.9. The first kappa shape index (κ1) is 20.9. The van der Waals surface area contributed by atoms with E-state index in [2.05, 4.69) is 30.6 Å². The van der Waals surface area contributed by atoms with Gasteiger partial charge in [-0.25, -0.2) is 4.98 Å². The largest absolute Gasteiger partial charge is 0.493 e. The van der Waals surface area contributed by atoms with Crippen LogP contribution in [0.1, 0.15) is 0 Å². The summed E-state index contributed by atoms with van der Waals surface area (Å²) in [6.45, 7) is 0. The van der Waals surface area contributed by atoms with Crippen LogP contribution in [-0.4, -0.2) is 41.3 Å². The minimum atomic E-state index is 0.396. The molecule has 0 fully saturated rings. The Kier molecular flexibility index (Phi) is 6.26. The summed E-state index contributed by atoms with van der Waals surface area (Å²) in [5, 5.41) is 6.47. The maximum Gasteiger partial charge on any atom is 0.229 e. The molecule has 0 bridgehead atoms. The van der Waals surface area contributed by atoms with Gasteiger partial charge in [0.1, 0.15) is 11.5 Å². The minimum absolute atomic E-state index is 0.396. The molecule has 0 radical (unpaired) electrons. The third-order valence-corrected chi connectivity index (χ3v) is 4.55. The summed E-state index contributed by atoms with van der Waals surface area (Å²) in [4.78, 5) is 17.7. The van der Waals surface area contributed by atoms with Gasteiger partial charge in [-0.1, -0.05) is 6.07 Å². The second-order valence-electron chi connectivity index (χ2n) is 6.54. The topological polar surface area (TPSA) is 103 Å².